The van der Waals surface area contributed by atoms with Crippen molar-refractivity contribution in [2.45, 2.75) is 30.8 Å². The van der Waals surface area contributed by atoms with Gasteiger partial charge in [0.15, 0.2) is 0 Å². The van der Waals surface area contributed by atoms with Crippen LogP contribution >= 0.6 is 0 Å². The van der Waals surface area contributed by atoms with Crippen molar-refractivity contribution in [1.82, 2.24) is 10.6 Å². The second-order valence-electron chi connectivity index (χ2n) is 10.4. The van der Waals surface area contributed by atoms with E-state index < -0.39 is 36.0 Å². The van der Waals surface area contributed by atoms with E-state index in [9.17, 15) is 19.5 Å². The molecule has 1 heterocycles. The summed E-state index contributed by atoms with van der Waals surface area (Å²) in [4.78, 5) is 38.5. The van der Waals surface area contributed by atoms with Crippen molar-refractivity contribution >= 4 is 18.0 Å². The number of rotatable bonds is 7. The van der Waals surface area contributed by atoms with Crippen LogP contribution in [0.3, 0.4) is 0 Å². The molecule has 0 fully saturated rings. The van der Waals surface area contributed by atoms with E-state index in [0.29, 0.717) is 11.5 Å². The third-order valence-electron chi connectivity index (χ3n) is 7.69. The first-order chi connectivity index (χ1) is 19.8. The molecule has 206 valence electrons. The summed E-state index contributed by atoms with van der Waals surface area (Å²) in [7, 11) is 0. The van der Waals surface area contributed by atoms with Gasteiger partial charge in [-0.3, -0.25) is 4.79 Å². The molecule has 0 radical (unpaired) electrons. The van der Waals surface area contributed by atoms with E-state index in [2.05, 4.69) is 10.6 Å². The molecule has 4 aromatic rings. The van der Waals surface area contributed by atoms with E-state index in [-0.39, 0.29) is 12.5 Å². The van der Waals surface area contributed by atoms with Crippen molar-refractivity contribution in [3.63, 3.8) is 0 Å². The fourth-order valence-corrected chi connectivity index (χ4v) is 5.63. The number of aliphatic carboxylic acids is 1. The van der Waals surface area contributed by atoms with Crippen LogP contribution in [0.4, 0.5) is 4.79 Å². The predicted octanol–water partition coefficient (Wildman–Crippen LogP) is 5.77. The number of hydrogen-bond donors (Lipinski definition) is 3. The minimum absolute atomic E-state index is 0.0252. The predicted molar refractivity (Wildman–Crippen MR) is 152 cm³/mol. The topological polar surface area (TPSA) is 114 Å². The lowest BCUT2D eigenvalue weighted by Gasteiger charge is -2.30. The van der Waals surface area contributed by atoms with Crippen molar-refractivity contribution < 1.29 is 29.0 Å². The van der Waals surface area contributed by atoms with Crippen molar-refractivity contribution in [2.24, 2.45) is 0 Å². The number of hydrogen-bond acceptors (Lipinski definition) is 5. The van der Waals surface area contributed by atoms with E-state index in [0.717, 1.165) is 33.4 Å². The molecule has 0 aromatic heterocycles. The SMILES string of the molecule is C[C@@](CC(=O)NC1c2ccccc2Oc2ccccc21)(NC(=O)OCC1c2ccccc2-c2ccccc21)C(=O)O. The molecule has 0 bridgehead atoms. The number of carboxylic acid groups (broad SMARTS) is 1. The van der Waals surface area contributed by atoms with Crippen LogP contribution in [0.15, 0.2) is 97.1 Å². The largest absolute Gasteiger partial charge is 0.479 e. The van der Waals surface area contributed by atoms with Crippen LogP contribution < -0.4 is 15.4 Å². The van der Waals surface area contributed by atoms with Gasteiger partial charge in [0.1, 0.15) is 23.6 Å². The third kappa shape index (κ3) is 4.89. The second kappa shape index (κ2) is 10.5. The van der Waals surface area contributed by atoms with Crippen molar-refractivity contribution in [2.75, 3.05) is 6.61 Å². The van der Waals surface area contributed by atoms with Crippen molar-refractivity contribution in [3.05, 3.63) is 119 Å². The molecule has 8 nitrogen and oxygen atoms in total. The first kappa shape index (κ1) is 26.1. The molecule has 0 saturated carbocycles. The number of alkyl carbamates (subject to hydrolysis) is 1. The van der Waals surface area contributed by atoms with E-state index in [1.165, 1.54) is 6.92 Å². The Kier molecular flexibility index (Phi) is 6.67. The molecule has 4 aromatic carbocycles. The Morgan fingerprint density at radius 1 is 0.780 bits per heavy atom. The lowest BCUT2D eigenvalue weighted by molar-refractivity contribution is -0.146. The molecule has 2 amide bonds. The Morgan fingerprint density at radius 2 is 1.27 bits per heavy atom. The van der Waals surface area contributed by atoms with Gasteiger partial charge in [-0.25, -0.2) is 9.59 Å². The zero-order valence-electron chi connectivity index (χ0n) is 22.3. The summed E-state index contributed by atoms with van der Waals surface area (Å²) < 4.78 is 11.5. The maximum Gasteiger partial charge on any atom is 0.408 e. The van der Waals surface area contributed by atoms with Crippen LogP contribution in [0, 0.1) is 0 Å². The maximum atomic E-state index is 13.3. The molecule has 1 atom stereocenters. The summed E-state index contributed by atoms with van der Waals surface area (Å²) >= 11 is 0. The monoisotopic (exact) mass is 548 g/mol. The molecule has 0 spiro atoms. The van der Waals surface area contributed by atoms with Gasteiger partial charge in [0, 0.05) is 17.0 Å². The lowest BCUT2D eigenvalue weighted by atomic mass is 9.93. The van der Waals surface area contributed by atoms with Gasteiger partial charge in [0.2, 0.25) is 5.91 Å². The molecule has 3 N–H and O–H groups in total. The number of benzene rings is 4. The molecular weight excluding hydrogens is 520 g/mol. The molecule has 2 aliphatic rings. The Hall–Kier alpha value is -5.11. The number of carboxylic acids is 1. The average molecular weight is 549 g/mol. The summed E-state index contributed by atoms with van der Waals surface area (Å²) in [5, 5.41) is 15.4. The van der Waals surface area contributed by atoms with E-state index in [1.807, 2.05) is 97.1 Å². The van der Waals surface area contributed by atoms with Crippen LogP contribution in [0.5, 0.6) is 11.5 Å². The summed E-state index contributed by atoms with van der Waals surface area (Å²) in [6.07, 6.45) is -1.42. The van der Waals surface area contributed by atoms with Gasteiger partial charge in [-0.15, -0.1) is 0 Å². The third-order valence-corrected chi connectivity index (χ3v) is 7.69. The van der Waals surface area contributed by atoms with Gasteiger partial charge in [0.25, 0.3) is 0 Å². The van der Waals surface area contributed by atoms with Gasteiger partial charge < -0.3 is 25.2 Å². The quantitative estimate of drug-likeness (QED) is 0.270. The highest BCUT2D eigenvalue weighted by Gasteiger charge is 2.40. The molecule has 1 aliphatic carbocycles. The van der Waals surface area contributed by atoms with Gasteiger partial charge in [-0.1, -0.05) is 84.9 Å². The summed E-state index contributed by atoms with van der Waals surface area (Å²) in [5.41, 5.74) is 3.84. The van der Waals surface area contributed by atoms with Crippen LogP contribution in [-0.2, 0) is 14.3 Å². The Bertz CT molecular complexity index is 1580. The first-order valence-corrected chi connectivity index (χ1v) is 13.4. The van der Waals surface area contributed by atoms with Crippen LogP contribution in [0.25, 0.3) is 11.1 Å². The first-order valence-electron chi connectivity index (χ1n) is 13.4. The van der Waals surface area contributed by atoms with Gasteiger partial charge in [-0.2, -0.15) is 0 Å². The molecule has 6 rings (SSSR count). The number of carbonyl (C=O) groups is 3. The van der Waals surface area contributed by atoms with E-state index >= 15 is 0 Å². The van der Waals surface area contributed by atoms with E-state index in [1.54, 1.807) is 0 Å². The fraction of sp³-hybridized carbons (Fsp3) is 0.182. The minimum atomic E-state index is -1.91. The van der Waals surface area contributed by atoms with E-state index in [4.69, 9.17) is 9.47 Å². The van der Waals surface area contributed by atoms with Crippen molar-refractivity contribution in [1.29, 1.82) is 0 Å². The second-order valence-corrected chi connectivity index (χ2v) is 10.4. The molecule has 1 aliphatic heterocycles. The minimum Gasteiger partial charge on any atom is -0.479 e. The van der Waals surface area contributed by atoms with Crippen LogP contribution in [-0.4, -0.2) is 35.2 Å². The maximum absolute atomic E-state index is 13.3. The smallest absolute Gasteiger partial charge is 0.408 e. The number of amides is 2. The number of nitrogens with one attached hydrogen (secondary N) is 2. The normalized spacial score (nSPS) is 14.8. The van der Waals surface area contributed by atoms with Gasteiger partial charge in [0.05, 0.1) is 12.5 Å². The number of ether oxygens (including phenoxy) is 2. The van der Waals surface area contributed by atoms with Crippen molar-refractivity contribution in [3.8, 4) is 22.6 Å². The molecule has 8 heteroatoms. The highest BCUT2D eigenvalue weighted by atomic mass is 16.5. The highest BCUT2D eigenvalue weighted by molar-refractivity contribution is 5.91. The number of para-hydroxylation sites is 2. The Labute approximate surface area is 236 Å². The Balaban J connectivity index is 1.15. The zero-order chi connectivity index (χ0) is 28.6. The molecule has 0 saturated heterocycles. The zero-order valence-corrected chi connectivity index (χ0v) is 22.3. The standard InChI is InChI=1S/C33H28N2O6/c1-33(31(37)38,18-29(36)34-30-24-14-6-8-16-27(24)41-28-17-9-7-15-25(28)30)35-32(39)40-19-26-22-12-4-2-10-20(22)21-11-3-5-13-23(21)26/h2-17,26,30H,18-19H2,1H3,(H,34,36)(H,35,39)(H,37,38)/t33-/m0/s1. The fourth-order valence-electron chi connectivity index (χ4n) is 5.63. The highest BCUT2D eigenvalue weighted by Crippen LogP contribution is 2.45. The number of fused-ring (bicyclic) bond motifs is 5. The summed E-state index contributed by atoms with van der Waals surface area (Å²) in [5.74, 6) is -0.871. The van der Waals surface area contributed by atoms with Gasteiger partial charge >= 0.3 is 12.1 Å². The summed E-state index contributed by atoms with van der Waals surface area (Å²) in [6, 6.07) is 30.0. The average Bonchev–Trinajstić information content (AvgIpc) is 3.29. The van der Waals surface area contributed by atoms with Gasteiger partial charge in [-0.05, 0) is 41.3 Å². The lowest BCUT2D eigenvalue weighted by Crippen LogP contribution is -2.55. The molecular formula is C33H28N2O6. The van der Waals surface area contributed by atoms with Crippen LogP contribution in [0.1, 0.15) is 47.6 Å². The molecule has 0 unspecified atom stereocenters. The number of carbonyl (C=O) groups excluding carboxylic acids is 2. The van der Waals surface area contributed by atoms with Crippen LogP contribution in [0.2, 0.25) is 0 Å². The molecule has 41 heavy (non-hydrogen) atoms. The Morgan fingerprint density at radius 3 is 1.80 bits per heavy atom. The summed E-state index contributed by atoms with van der Waals surface area (Å²) in [6.45, 7) is 1.32.